The van der Waals surface area contributed by atoms with Crippen LogP contribution in [0, 0.1) is 0 Å². The normalized spacial score (nSPS) is 10.3. The Hall–Kier alpha value is -1.58. The van der Waals surface area contributed by atoms with Crippen molar-refractivity contribution >= 4 is 34.8 Å². The molecule has 0 atom stereocenters. The third kappa shape index (κ3) is 3.95. The summed E-state index contributed by atoms with van der Waals surface area (Å²) in [5.41, 5.74) is 2.01. The van der Waals surface area contributed by atoms with Gasteiger partial charge in [-0.25, -0.2) is 4.98 Å². The lowest BCUT2D eigenvalue weighted by atomic mass is 10.1. The predicted molar refractivity (Wildman–Crippen MR) is 82.6 cm³/mol. The molecular weight excluding hydrogens is 295 g/mol. The van der Waals surface area contributed by atoms with E-state index in [1.807, 2.05) is 0 Å². The van der Waals surface area contributed by atoms with Crippen LogP contribution >= 0.6 is 23.2 Å². The molecule has 20 heavy (non-hydrogen) atoms. The Morgan fingerprint density at radius 2 is 1.90 bits per heavy atom. The molecule has 2 aromatic rings. The van der Waals surface area contributed by atoms with E-state index in [1.165, 1.54) is 0 Å². The second kappa shape index (κ2) is 6.73. The van der Waals surface area contributed by atoms with E-state index >= 15 is 0 Å². The van der Waals surface area contributed by atoms with E-state index in [0.29, 0.717) is 21.4 Å². The summed E-state index contributed by atoms with van der Waals surface area (Å²) < 4.78 is 0. The van der Waals surface area contributed by atoms with Crippen LogP contribution in [0.5, 0.6) is 0 Å². The van der Waals surface area contributed by atoms with E-state index in [0.717, 1.165) is 18.5 Å². The molecule has 0 radical (unpaired) electrons. The molecule has 0 saturated heterocycles. The Kier molecular flexibility index (Phi) is 4.99. The minimum atomic E-state index is -0.214. The van der Waals surface area contributed by atoms with Crippen LogP contribution in [-0.2, 0) is 6.42 Å². The molecular formula is C15H14Cl2N2O. The zero-order valence-electron chi connectivity index (χ0n) is 11.0. The van der Waals surface area contributed by atoms with Gasteiger partial charge in [-0.05, 0) is 42.8 Å². The van der Waals surface area contributed by atoms with Crippen LogP contribution in [0.1, 0.15) is 29.4 Å². The summed E-state index contributed by atoms with van der Waals surface area (Å²) in [4.78, 5) is 16.4. The Morgan fingerprint density at radius 3 is 2.55 bits per heavy atom. The van der Waals surface area contributed by atoms with E-state index in [2.05, 4.69) is 17.2 Å². The van der Waals surface area contributed by atoms with Crippen molar-refractivity contribution in [1.29, 1.82) is 0 Å². The lowest BCUT2D eigenvalue weighted by molar-refractivity contribution is 0.102. The number of rotatable bonds is 4. The largest absolute Gasteiger partial charge is 0.322 e. The van der Waals surface area contributed by atoms with Crippen LogP contribution in [-0.4, -0.2) is 10.9 Å². The molecule has 0 aliphatic rings. The smallest absolute Gasteiger partial charge is 0.255 e. The van der Waals surface area contributed by atoms with Crippen molar-refractivity contribution in [3.63, 3.8) is 0 Å². The average Bonchev–Trinajstić information content (AvgIpc) is 2.41. The van der Waals surface area contributed by atoms with E-state index in [-0.39, 0.29) is 5.91 Å². The van der Waals surface area contributed by atoms with Crippen molar-refractivity contribution in [1.82, 2.24) is 4.98 Å². The van der Waals surface area contributed by atoms with Gasteiger partial charge >= 0.3 is 0 Å². The third-order valence-corrected chi connectivity index (χ3v) is 3.16. The SMILES string of the molecule is CCCc1cc(C(=O)Nc2ccc(Cl)cc2)cc(Cl)n1. The van der Waals surface area contributed by atoms with Gasteiger partial charge in [0.1, 0.15) is 5.15 Å². The molecule has 0 spiro atoms. The van der Waals surface area contributed by atoms with Gasteiger partial charge in [0.2, 0.25) is 0 Å². The van der Waals surface area contributed by atoms with E-state index < -0.39 is 0 Å². The summed E-state index contributed by atoms with van der Waals surface area (Å²) in [6.45, 7) is 2.05. The third-order valence-electron chi connectivity index (χ3n) is 2.72. The van der Waals surface area contributed by atoms with E-state index in [9.17, 15) is 4.79 Å². The van der Waals surface area contributed by atoms with Crippen molar-refractivity contribution in [2.45, 2.75) is 19.8 Å². The van der Waals surface area contributed by atoms with Crippen molar-refractivity contribution < 1.29 is 4.79 Å². The summed E-state index contributed by atoms with van der Waals surface area (Å²) in [5.74, 6) is -0.214. The van der Waals surface area contributed by atoms with Crippen molar-refractivity contribution in [2.75, 3.05) is 5.32 Å². The van der Waals surface area contributed by atoms with Crippen LogP contribution in [0.25, 0.3) is 0 Å². The fourth-order valence-corrected chi connectivity index (χ4v) is 2.16. The summed E-state index contributed by atoms with van der Waals surface area (Å²) >= 11 is 11.7. The average molecular weight is 309 g/mol. The Bertz CT molecular complexity index is 612. The number of aromatic nitrogens is 1. The predicted octanol–water partition coefficient (Wildman–Crippen LogP) is 4.59. The van der Waals surface area contributed by atoms with Gasteiger partial charge in [-0.2, -0.15) is 0 Å². The molecule has 0 saturated carbocycles. The van der Waals surface area contributed by atoms with Crippen molar-refractivity contribution in [3.8, 4) is 0 Å². The number of carbonyl (C=O) groups excluding carboxylic acids is 1. The summed E-state index contributed by atoms with van der Waals surface area (Å²) in [6, 6.07) is 10.3. The van der Waals surface area contributed by atoms with Gasteiger partial charge in [0.15, 0.2) is 0 Å². The monoisotopic (exact) mass is 308 g/mol. The number of carbonyl (C=O) groups is 1. The molecule has 1 aromatic heterocycles. The number of halogens is 2. The van der Waals surface area contributed by atoms with Crippen LogP contribution in [0.4, 0.5) is 5.69 Å². The summed E-state index contributed by atoms with van der Waals surface area (Å²) in [6.07, 6.45) is 1.74. The maximum atomic E-state index is 12.2. The first-order valence-electron chi connectivity index (χ1n) is 6.32. The van der Waals surface area contributed by atoms with Crippen molar-refractivity contribution in [2.24, 2.45) is 0 Å². The molecule has 1 N–H and O–H groups in total. The van der Waals surface area contributed by atoms with Crippen LogP contribution in [0.15, 0.2) is 36.4 Å². The number of nitrogens with one attached hydrogen (secondary N) is 1. The zero-order valence-corrected chi connectivity index (χ0v) is 12.5. The van der Waals surface area contributed by atoms with Gasteiger partial charge in [0.25, 0.3) is 5.91 Å². The lowest BCUT2D eigenvalue weighted by Crippen LogP contribution is -2.12. The lowest BCUT2D eigenvalue weighted by Gasteiger charge is -2.07. The molecule has 0 bridgehead atoms. The van der Waals surface area contributed by atoms with Crippen LogP contribution in [0.2, 0.25) is 10.2 Å². The molecule has 5 heteroatoms. The number of hydrogen-bond acceptors (Lipinski definition) is 2. The zero-order chi connectivity index (χ0) is 14.5. The van der Waals surface area contributed by atoms with E-state index in [1.54, 1.807) is 36.4 Å². The molecule has 104 valence electrons. The number of pyridine rings is 1. The highest BCUT2D eigenvalue weighted by Gasteiger charge is 2.09. The minimum absolute atomic E-state index is 0.214. The van der Waals surface area contributed by atoms with Gasteiger partial charge in [0, 0.05) is 22.0 Å². The molecule has 0 unspecified atom stereocenters. The molecule has 1 amide bonds. The van der Waals surface area contributed by atoms with Gasteiger partial charge < -0.3 is 5.32 Å². The van der Waals surface area contributed by atoms with E-state index in [4.69, 9.17) is 23.2 Å². The van der Waals surface area contributed by atoms with Gasteiger partial charge in [-0.15, -0.1) is 0 Å². The number of hydrogen-bond donors (Lipinski definition) is 1. The number of anilines is 1. The molecule has 1 heterocycles. The topological polar surface area (TPSA) is 42.0 Å². The fraction of sp³-hybridized carbons (Fsp3) is 0.200. The van der Waals surface area contributed by atoms with Gasteiger partial charge in [-0.1, -0.05) is 36.5 Å². The first kappa shape index (κ1) is 14.8. The number of amides is 1. The van der Waals surface area contributed by atoms with Gasteiger partial charge in [0.05, 0.1) is 0 Å². The summed E-state index contributed by atoms with van der Waals surface area (Å²) in [7, 11) is 0. The Labute approximate surface area is 127 Å². The highest BCUT2D eigenvalue weighted by molar-refractivity contribution is 6.30. The van der Waals surface area contributed by atoms with Crippen LogP contribution in [0.3, 0.4) is 0 Å². The first-order valence-corrected chi connectivity index (χ1v) is 7.07. The van der Waals surface area contributed by atoms with Gasteiger partial charge in [-0.3, -0.25) is 4.79 Å². The highest BCUT2D eigenvalue weighted by atomic mass is 35.5. The van der Waals surface area contributed by atoms with Crippen molar-refractivity contribution in [3.05, 3.63) is 57.8 Å². The highest BCUT2D eigenvalue weighted by Crippen LogP contribution is 2.16. The Balaban J connectivity index is 2.18. The molecule has 0 fully saturated rings. The Morgan fingerprint density at radius 1 is 1.20 bits per heavy atom. The second-order valence-corrected chi connectivity index (χ2v) is 5.20. The molecule has 2 rings (SSSR count). The quantitative estimate of drug-likeness (QED) is 0.839. The molecule has 0 aliphatic carbocycles. The number of aryl methyl sites for hydroxylation is 1. The van der Waals surface area contributed by atoms with Crippen LogP contribution < -0.4 is 5.32 Å². The standard InChI is InChI=1S/C15H14Cl2N2O/c1-2-3-13-8-10(9-14(17)18-13)15(20)19-12-6-4-11(16)5-7-12/h4-9H,2-3H2,1H3,(H,19,20). The maximum absolute atomic E-state index is 12.2. The first-order chi connectivity index (χ1) is 9.58. The summed E-state index contributed by atoms with van der Waals surface area (Å²) in [5, 5.41) is 3.75. The number of nitrogens with zero attached hydrogens (tertiary/aromatic N) is 1. The molecule has 0 aliphatic heterocycles. The maximum Gasteiger partial charge on any atom is 0.255 e. The second-order valence-electron chi connectivity index (χ2n) is 4.38. The molecule has 3 nitrogen and oxygen atoms in total. The fourth-order valence-electron chi connectivity index (χ4n) is 1.80. The molecule has 1 aromatic carbocycles. The number of benzene rings is 1. The minimum Gasteiger partial charge on any atom is -0.322 e.